The molecule has 0 aromatic heterocycles. The topological polar surface area (TPSA) is 12.0 Å². The van der Waals surface area contributed by atoms with E-state index in [1.54, 1.807) is 5.57 Å². The van der Waals surface area contributed by atoms with E-state index in [1.165, 1.54) is 25.7 Å². The second kappa shape index (κ2) is 4.42. The van der Waals surface area contributed by atoms with Gasteiger partial charge in [-0.1, -0.05) is 46.3 Å². The van der Waals surface area contributed by atoms with Crippen molar-refractivity contribution in [1.29, 1.82) is 0 Å². The van der Waals surface area contributed by atoms with Gasteiger partial charge < -0.3 is 5.32 Å². The number of hydrogen-bond acceptors (Lipinski definition) is 1. The summed E-state index contributed by atoms with van der Waals surface area (Å²) in [5.74, 6) is 0.805. The molecular weight excluding hydrogens is 206 g/mol. The minimum Gasteiger partial charge on any atom is -0.310 e. The third-order valence-electron chi connectivity index (χ3n) is 5.62. The van der Waals surface area contributed by atoms with Crippen molar-refractivity contribution < 1.29 is 0 Å². The second-order valence-corrected chi connectivity index (χ2v) is 6.98. The minimum absolute atomic E-state index is 0.484. The lowest BCUT2D eigenvalue weighted by Crippen LogP contribution is -2.35. The van der Waals surface area contributed by atoms with E-state index in [0.717, 1.165) is 12.5 Å². The van der Waals surface area contributed by atoms with Crippen LogP contribution in [0.1, 0.15) is 60.3 Å². The second-order valence-electron chi connectivity index (χ2n) is 6.98. The maximum atomic E-state index is 3.76. The van der Waals surface area contributed by atoms with Crippen LogP contribution in [0.15, 0.2) is 11.6 Å². The van der Waals surface area contributed by atoms with E-state index in [1.807, 2.05) is 0 Å². The summed E-state index contributed by atoms with van der Waals surface area (Å²) in [7, 11) is 0. The van der Waals surface area contributed by atoms with Gasteiger partial charge in [-0.15, -0.1) is 0 Å². The molecule has 0 spiro atoms. The highest BCUT2D eigenvalue weighted by Gasteiger charge is 2.67. The molecule has 98 valence electrons. The van der Waals surface area contributed by atoms with Gasteiger partial charge >= 0.3 is 0 Å². The first-order valence-corrected chi connectivity index (χ1v) is 7.35. The van der Waals surface area contributed by atoms with E-state index < -0.39 is 0 Å². The standard InChI is InChI=1S/C16H29N/c1-6-17-13(12-10-8-7-9-11-12)14-15(2,3)16(14,4)5/h10,13-14,17H,6-9,11H2,1-5H3. The summed E-state index contributed by atoms with van der Waals surface area (Å²) in [5, 5.41) is 3.76. The summed E-state index contributed by atoms with van der Waals surface area (Å²) in [5.41, 5.74) is 2.66. The van der Waals surface area contributed by atoms with Crippen LogP contribution in [0, 0.1) is 16.7 Å². The van der Waals surface area contributed by atoms with Crippen LogP contribution in [-0.2, 0) is 0 Å². The van der Waals surface area contributed by atoms with Gasteiger partial charge in [0.25, 0.3) is 0 Å². The monoisotopic (exact) mass is 235 g/mol. The first-order valence-electron chi connectivity index (χ1n) is 7.35. The lowest BCUT2D eigenvalue weighted by atomic mass is 9.88. The summed E-state index contributed by atoms with van der Waals surface area (Å²) < 4.78 is 0. The summed E-state index contributed by atoms with van der Waals surface area (Å²) in [6, 6.07) is 0.630. The molecule has 0 amide bonds. The molecule has 1 N–H and O–H groups in total. The predicted octanol–water partition coefficient (Wildman–Crippen LogP) is 4.15. The molecule has 0 aliphatic heterocycles. The summed E-state index contributed by atoms with van der Waals surface area (Å²) in [4.78, 5) is 0. The molecule has 1 fully saturated rings. The van der Waals surface area contributed by atoms with Gasteiger partial charge in [0.2, 0.25) is 0 Å². The van der Waals surface area contributed by atoms with E-state index in [4.69, 9.17) is 0 Å². The number of rotatable bonds is 4. The molecule has 2 aliphatic carbocycles. The molecule has 0 heterocycles. The molecular formula is C16H29N. The molecule has 1 saturated carbocycles. The maximum Gasteiger partial charge on any atom is 0.0318 e. The van der Waals surface area contributed by atoms with Crippen molar-refractivity contribution in [2.24, 2.45) is 16.7 Å². The molecule has 0 aromatic carbocycles. The minimum atomic E-state index is 0.484. The highest BCUT2D eigenvalue weighted by molar-refractivity contribution is 5.26. The molecule has 1 atom stereocenters. The smallest absolute Gasteiger partial charge is 0.0318 e. The van der Waals surface area contributed by atoms with Crippen molar-refractivity contribution in [2.45, 2.75) is 66.3 Å². The predicted molar refractivity (Wildman–Crippen MR) is 75.1 cm³/mol. The third-order valence-corrected chi connectivity index (χ3v) is 5.62. The fourth-order valence-corrected chi connectivity index (χ4v) is 3.91. The zero-order valence-electron chi connectivity index (χ0n) is 12.3. The number of hydrogen-bond donors (Lipinski definition) is 1. The van der Waals surface area contributed by atoms with Crippen molar-refractivity contribution in [3.05, 3.63) is 11.6 Å². The Morgan fingerprint density at radius 2 is 1.88 bits per heavy atom. The third kappa shape index (κ3) is 2.07. The largest absolute Gasteiger partial charge is 0.310 e. The van der Waals surface area contributed by atoms with Crippen molar-refractivity contribution >= 4 is 0 Å². The Morgan fingerprint density at radius 3 is 2.29 bits per heavy atom. The van der Waals surface area contributed by atoms with Gasteiger partial charge in [-0.05, 0) is 49.0 Å². The van der Waals surface area contributed by atoms with Crippen LogP contribution in [0.5, 0.6) is 0 Å². The molecule has 1 nitrogen and oxygen atoms in total. The van der Waals surface area contributed by atoms with E-state index in [2.05, 4.69) is 46.0 Å². The molecule has 17 heavy (non-hydrogen) atoms. The molecule has 0 saturated heterocycles. The summed E-state index contributed by atoms with van der Waals surface area (Å²) >= 11 is 0. The Morgan fingerprint density at radius 1 is 1.24 bits per heavy atom. The zero-order valence-corrected chi connectivity index (χ0v) is 12.3. The van der Waals surface area contributed by atoms with Crippen LogP contribution in [0.2, 0.25) is 0 Å². The average molecular weight is 235 g/mol. The van der Waals surface area contributed by atoms with Gasteiger partial charge in [0.15, 0.2) is 0 Å². The van der Waals surface area contributed by atoms with Crippen LogP contribution in [0.3, 0.4) is 0 Å². The van der Waals surface area contributed by atoms with Crippen LogP contribution in [0.25, 0.3) is 0 Å². The van der Waals surface area contributed by atoms with E-state index in [9.17, 15) is 0 Å². The molecule has 0 radical (unpaired) electrons. The Bertz CT molecular complexity index is 297. The first kappa shape index (κ1) is 13.1. The Kier molecular flexibility index (Phi) is 3.42. The van der Waals surface area contributed by atoms with E-state index >= 15 is 0 Å². The fourth-order valence-electron chi connectivity index (χ4n) is 3.91. The lowest BCUT2D eigenvalue weighted by Gasteiger charge is -2.26. The number of likely N-dealkylation sites (N-methyl/N-ethyl adjacent to an activating group) is 1. The normalized spacial score (nSPS) is 28.6. The van der Waals surface area contributed by atoms with Crippen LogP contribution >= 0.6 is 0 Å². The van der Waals surface area contributed by atoms with Gasteiger partial charge in [0.1, 0.15) is 0 Å². The number of allylic oxidation sites excluding steroid dienone is 1. The lowest BCUT2D eigenvalue weighted by molar-refractivity contribution is 0.431. The molecule has 1 unspecified atom stereocenters. The van der Waals surface area contributed by atoms with Gasteiger partial charge in [-0.2, -0.15) is 0 Å². The molecule has 2 aliphatic rings. The van der Waals surface area contributed by atoms with Crippen LogP contribution in [0.4, 0.5) is 0 Å². The van der Waals surface area contributed by atoms with Crippen molar-refractivity contribution in [2.75, 3.05) is 6.54 Å². The number of nitrogens with one attached hydrogen (secondary N) is 1. The molecule has 1 heteroatoms. The van der Waals surface area contributed by atoms with Gasteiger partial charge in [0, 0.05) is 6.04 Å². The highest BCUT2D eigenvalue weighted by Crippen LogP contribution is 2.70. The van der Waals surface area contributed by atoms with E-state index in [-0.39, 0.29) is 0 Å². The van der Waals surface area contributed by atoms with Crippen molar-refractivity contribution in [1.82, 2.24) is 5.32 Å². The van der Waals surface area contributed by atoms with Crippen LogP contribution < -0.4 is 5.32 Å². The zero-order chi connectivity index (χ0) is 12.7. The van der Waals surface area contributed by atoms with Crippen molar-refractivity contribution in [3.8, 4) is 0 Å². The van der Waals surface area contributed by atoms with E-state index in [0.29, 0.717) is 16.9 Å². The quantitative estimate of drug-likeness (QED) is 0.722. The first-order chi connectivity index (χ1) is 7.93. The summed E-state index contributed by atoms with van der Waals surface area (Å²) in [6.07, 6.45) is 7.91. The van der Waals surface area contributed by atoms with Crippen LogP contribution in [-0.4, -0.2) is 12.6 Å². The van der Waals surface area contributed by atoms with Gasteiger partial charge in [-0.3, -0.25) is 0 Å². The SMILES string of the molecule is CCNC(C1=CCCCC1)C1C(C)(C)C1(C)C. The van der Waals surface area contributed by atoms with Gasteiger partial charge in [0.05, 0.1) is 0 Å². The molecule has 0 bridgehead atoms. The average Bonchev–Trinajstić information content (AvgIpc) is 2.68. The van der Waals surface area contributed by atoms with Gasteiger partial charge in [-0.25, -0.2) is 0 Å². The fraction of sp³-hybridized carbons (Fsp3) is 0.875. The Hall–Kier alpha value is -0.300. The molecule has 2 rings (SSSR count). The Balaban J connectivity index is 2.16. The van der Waals surface area contributed by atoms with Crippen molar-refractivity contribution in [3.63, 3.8) is 0 Å². The Labute approximate surface area is 107 Å². The maximum absolute atomic E-state index is 3.76. The summed E-state index contributed by atoms with van der Waals surface area (Å²) in [6.45, 7) is 13.1. The highest BCUT2D eigenvalue weighted by atomic mass is 15.0. The molecule has 0 aromatic rings.